The molecule has 0 aliphatic heterocycles. The van der Waals surface area contributed by atoms with E-state index < -0.39 is 0 Å². The maximum absolute atomic E-state index is 12.1. The van der Waals surface area contributed by atoms with Gasteiger partial charge in [0.05, 0.1) is 6.61 Å². The van der Waals surface area contributed by atoms with Gasteiger partial charge < -0.3 is 15.8 Å². The first kappa shape index (κ1) is 15.8. The Hall–Kier alpha value is -1.55. The molecule has 1 amide bonds. The molecule has 3 N–H and O–H groups in total. The van der Waals surface area contributed by atoms with Gasteiger partial charge in [-0.1, -0.05) is 32.0 Å². The summed E-state index contributed by atoms with van der Waals surface area (Å²) in [5, 5.41) is 3.01. The third-order valence-corrected chi connectivity index (χ3v) is 3.84. The van der Waals surface area contributed by atoms with Crippen molar-refractivity contribution in [2.75, 3.05) is 6.61 Å². The maximum atomic E-state index is 12.1. The molecule has 0 heterocycles. The van der Waals surface area contributed by atoms with Gasteiger partial charge in [0.15, 0.2) is 0 Å². The molecule has 1 fully saturated rings. The molecule has 21 heavy (non-hydrogen) atoms. The number of rotatable bonds is 6. The lowest BCUT2D eigenvalue weighted by molar-refractivity contribution is -0.125. The van der Waals surface area contributed by atoms with Crippen LogP contribution in [0, 0.1) is 11.8 Å². The van der Waals surface area contributed by atoms with Crippen molar-refractivity contribution >= 4 is 5.91 Å². The fraction of sp³-hybridized carbons (Fsp3) is 0.588. The van der Waals surface area contributed by atoms with Crippen LogP contribution in [0.3, 0.4) is 0 Å². The van der Waals surface area contributed by atoms with E-state index in [-0.39, 0.29) is 17.9 Å². The van der Waals surface area contributed by atoms with Crippen molar-refractivity contribution in [2.45, 2.75) is 45.7 Å². The first-order valence-electron chi connectivity index (χ1n) is 7.80. The molecule has 0 bridgehead atoms. The Balaban J connectivity index is 1.89. The van der Waals surface area contributed by atoms with Crippen LogP contribution in [0.4, 0.5) is 0 Å². The highest BCUT2D eigenvalue weighted by molar-refractivity contribution is 5.79. The fourth-order valence-corrected chi connectivity index (χ4v) is 2.63. The zero-order chi connectivity index (χ0) is 15.2. The van der Waals surface area contributed by atoms with Gasteiger partial charge >= 0.3 is 0 Å². The van der Waals surface area contributed by atoms with E-state index in [0.29, 0.717) is 19.1 Å². The third-order valence-electron chi connectivity index (χ3n) is 3.84. The lowest BCUT2D eigenvalue weighted by Gasteiger charge is -2.15. The molecule has 0 saturated heterocycles. The van der Waals surface area contributed by atoms with Crippen LogP contribution >= 0.6 is 0 Å². The molecule has 2 rings (SSSR count). The number of carbonyl (C=O) groups excluding carboxylic acids is 1. The molecule has 4 heteroatoms. The normalized spacial score (nSPS) is 21.5. The van der Waals surface area contributed by atoms with Crippen LogP contribution in [0.15, 0.2) is 24.3 Å². The van der Waals surface area contributed by atoms with Crippen molar-refractivity contribution in [3.8, 4) is 5.75 Å². The van der Waals surface area contributed by atoms with Gasteiger partial charge in [-0.15, -0.1) is 0 Å². The maximum Gasteiger partial charge on any atom is 0.223 e. The SMILES string of the molecule is CC(C)COc1ccccc1CNC(=O)C1CCC(N)C1. The van der Waals surface area contributed by atoms with Gasteiger partial charge in [0.25, 0.3) is 0 Å². The predicted molar refractivity (Wildman–Crippen MR) is 83.9 cm³/mol. The number of amides is 1. The summed E-state index contributed by atoms with van der Waals surface area (Å²) >= 11 is 0. The van der Waals surface area contributed by atoms with Crippen molar-refractivity contribution in [3.05, 3.63) is 29.8 Å². The van der Waals surface area contributed by atoms with Gasteiger partial charge in [0, 0.05) is 24.1 Å². The molecule has 0 radical (unpaired) electrons. The second-order valence-electron chi connectivity index (χ2n) is 6.30. The number of hydrogen-bond donors (Lipinski definition) is 2. The lowest BCUT2D eigenvalue weighted by atomic mass is 10.1. The molecule has 1 aliphatic rings. The van der Waals surface area contributed by atoms with E-state index in [1.54, 1.807) is 0 Å². The molecule has 2 unspecified atom stereocenters. The van der Waals surface area contributed by atoms with Crippen molar-refractivity contribution in [1.29, 1.82) is 0 Å². The Kier molecular flexibility index (Phi) is 5.62. The molecule has 116 valence electrons. The van der Waals surface area contributed by atoms with Crippen LogP contribution in [0.1, 0.15) is 38.7 Å². The van der Waals surface area contributed by atoms with Crippen molar-refractivity contribution in [2.24, 2.45) is 17.6 Å². The fourth-order valence-electron chi connectivity index (χ4n) is 2.63. The summed E-state index contributed by atoms with van der Waals surface area (Å²) in [6, 6.07) is 8.06. The number of para-hydroxylation sites is 1. The number of nitrogens with one attached hydrogen (secondary N) is 1. The molecule has 0 spiro atoms. The molecule has 2 atom stereocenters. The second kappa shape index (κ2) is 7.46. The minimum Gasteiger partial charge on any atom is -0.493 e. The average molecular weight is 290 g/mol. The quantitative estimate of drug-likeness (QED) is 0.846. The summed E-state index contributed by atoms with van der Waals surface area (Å²) in [7, 11) is 0. The summed E-state index contributed by atoms with van der Waals surface area (Å²) in [5.74, 6) is 1.52. The Bertz CT molecular complexity index is 474. The van der Waals surface area contributed by atoms with E-state index in [4.69, 9.17) is 10.5 Å². The van der Waals surface area contributed by atoms with E-state index in [0.717, 1.165) is 30.6 Å². The number of nitrogens with two attached hydrogens (primary N) is 1. The van der Waals surface area contributed by atoms with Gasteiger partial charge in [0.1, 0.15) is 5.75 Å². The zero-order valence-electron chi connectivity index (χ0n) is 13.0. The van der Waals surface area contributed by atoms with Crippen molar-refractivity contribution in [3.63, 3.8) is 0 Å². The Labute approximate surface area is 127 Å². The summed E-state index contributed by atoms with van der Waals surface area (Å²) < 4.78 is 5.80. The van der Waals surface area contributed by atoms with E-state index in [1.165, 1.54) is 0 Å². The monoisotopic (exact) mass is 290 g/mol. The van der Waals surface area contributed by atoms with Crippen LogP contribution in [0.2, 0.25) is 0 Å². The summed E-state index contributed by atoms with van der Waals surface area (Å²) in [4.78, 5) is 12.1. The summed E-state index contributed by atoms with van der Waals surface area (Å²) in [5.41, 5.74) is 6.88. The van der Waals surface area contributed by atoms with Crippen LogP contribution in [0.25, 0.3) is 0 Å². The van der Waals surface area contributed by atoms with Gasteiger partial charge in [-0.3, -0.25) is 4.79 Å². The third kappa shape index (κ3) is 4.74. The summed E-state index contributed by atoms with van der Waals surface area (Å²) in [6.45, 7) is 5.43. The second-order valence-corrected chi connectivity index (χ2v) is 6.30. The zero-order valence-corrected chi connectivity index (χ0v) is 13.0. The van der Waals surface area contributed by atoms with Gasteiger partial charge in [-0.05, 0) is 31.2 Å². The standard InChI is InChI=1S/C17H26N2O2/c1-12(2)11-21-16-6-4-3-5-14(16)10-19-17(20)13-7-8-15(18)9-13/h3-6,12-13,15H,7-11,18H2,1-2H3,(H,19,20). The molecule has 1 saturated carbocycles. The largest absolute Gasteiger partial charge is 0.493 e. The topological polar surface area (TPSA) is 64.3 Å². The lowest BCUT2D eigenvalue weighted by Crippen LogP contribution is -2.30. The predicted octanol–water partition coefficient (Wildman–Crippen LogP) is 2.47. The number of benzene rings is 1. The number of carbonyl (C=O) groups is 1. The highest BCUT2D eigenvalue weighted by Gasteiger charge is 2.27. The molecule has 1 aromatic carbocycles. The van der Waals surface area contributed by atoms with Gasteiger partial charge in [-0.2, -0.15) is 0 Å². The molecule has 4 nitrogen and oxygen atoms in total. The molecule has 0 aromatic heterocycles. The Morgan fingerprint density at radius 1 is 1.38 bits per heavy atom. The number of ether oxygens (including phenoxy) is 1. The molecular formula is C17H26N2O2. The Morgan fingerprint density at radius 2 is 2.14 bits per heavy atom. The highest BCUT2D eigenvalue weighted by atomic mass is 16.5. The summed E-state index contributed by atoms with van der Waals surface area (Å²) in [6.07, 6.45) is 2.65. The minimum atomic E-state index is 0.0729. The first-order chi connectivity index (χ1) is 10.1. The van der Waals surface area contributed by atoms with E-state index >= 15 is 0 Å². The van der Waals surface area contributed by atoms with Crippen LogP contribution in [0.5, 0.6) is 5.75 Å². The average Bonchev–Trinajstić information content (AvgIpc) is 2.90. The van der Waals surface area contributed by atoms with E-state index in [9.17, 15) is 4.79 Å². The van der Waals surface area contributed by atoms with E-state index in [2.05, 4.69) is 19.2 Å². The van der Waals surface area contributed by atoms with Crippen LogP contribution < -0.4 is 15.8 Å². The number of hydrogen-bond acceptors (Lipinski definition) is 3. The van der Waals surface area contributed by atoms with Gasteiger partial charge in [0.2, 0.25) is 5.91 Å². The van der Waals surface area contributed by atoms with E-state index in [1.807, 2.05) is 24.3 Å². The molecule has 1 aromatic rings. The first-order valence-corrected chi connectivity index (χ1v) is 7.80. The van der Waals surface area contributed by atoms with Crippen LogP contribution in [-0.2, 0) is 11.3 Å². The smallest absolute Gasteiger partial charge is 0.223 e. The van der Waals surface area contributed by atoms with Crippen LogP contribution in [-0.4, -0.2) is 18.6 Å². The highest BCUT2D eigenvalue weighted by Crippen LogP contribution is 2.24. The van der Waals surface area contributed by atoms with Gasteiger partial charge in [-0.25, -0.2) is 0 Å². The van der Waals surface area contributed by atoms with Crippen molar-refractivity contribution in [1.82, 2.24) is 5.32 Å². The Morgan fingerprint density at radius 3 is 2.81 bits per heavy atom. The minimum absolute atomic E-state index is 0.0729. The molecule has 1 aliphatic carbocycles. The molecular weight excluding hydrogens is 264 g/mol. The van der Waals surface area contributed by atoms with Crippen molar-refractivity contribution < 1.29 is 9.53 Å².